The van der Waals surface area contributed by atoms with Crippen LogP contribution in [0, 0.1) is 11.3 Å². The molecule has 144 valence electrons. The third-order valence-corrected chi connectivity index (χ3v) is 3.99. The van der Waals surface area contributed by atoms with Crippen LogP contribution in [0.25, 0.3) is 11.1 Å². The molecule has 0 bridgehead atoms. The Kier molecular flexibility index (Phi) is 6.58. The third-order valence-electron chi connectivity index (χ3n) is 3.99. The maximum atomic E-state index is 12.0. The molecule has 0 fully saturated rings. The van der Waals surface area contributed by atoms with Crippen molar-refractivity contribution in [2.24, 2.45) is 0 Å². The van der Waals surface area contributed by atoms with E-state index in [1.54, 1.807) is 36.4 Å². The lowest BCUT2D eigenvalue weighted by molar-refractivity contribution is -0.149. The first kappa shape index (κ1) is 19.6. The summed E-state index contributed by atoms with van der Waals surface area (Å²) in [6, 6.07) is 25.8. The van der Waals surface area contributed by atoms with Gasteiger partial charge in [-0.1, -0.05) is 54.6 Å². The van der Waals surface area contributed by atoms with Crippen LogP contribution in [-0.4, -0.2) is 25.1 Å². The predicted octanol–water partition coefficient (Wildman–Crippen LogP) is 3.79. The zero-order valence-electron chi connectivity index (χ0n) is 15.5. The van der Waals surface area contributed by atoms with Crippen molar-refractivity contribution in [1.82, 2.24) is 0 Å². The molecule has 1 amide bonds. The Balaban J connectivity index is 1.45. The van der Waals surface area contributed by atoms with E-state index in [1.807, 2.05) is 48.5 Å². The number of amides is 1. The summed E-state index contributed by atoms with van der Waals surface area (Å²) in [5.41, 5.74) is 3.03. The second-order valence-electron chi connectivity index (χ2n) is 6.05. The zero-order valence-corrected chi connectivity index (χ0v) is 15.5. The highest BCUT2D eigenvalue weighted by atomic mass is 16.6. The molecule has 6 heteroatoms. The zero-order chi connectivity index (χ0) is 20.5. The number of esters is 1. The van der Waals surface area contributed by atoms with Gasteiger partial charge in [0, 0.05) is 5.69 Å². The van der Waals surface area contributed by atoms with E-state index in [2.05, 4.69) is 5.32 Å². The van der Waals surface area contributed by atoms with Crippen molar-refractivity contribution in [3.05, 3.63) is 84.4 Å². The van der Waals surface area contributed by atoms with E-state index in [4.69, 9.17) is 14.7 Å². The maximum absolute atomic E-state index is 12.0. The first-order valence-corrected chi connectivity index (χ1v) is 8.88. The van der Waals surface area contributed by atoms with Gasteiger partial charge in [0.05, 0.1) is 5.56 Å². The molecule has 0 saturated carbocycles. The largest absolute Gasteiger partial charge is 0.481 e. The molecule has 29 heavy (non-hydrogen) atoms. The van der Waals surface area contributed by atoms with Crippen molar-refractivity contribution < 1.29 is 19.1 Å². The van der Waals surface area contributed by atoms with Crippen LogP contribution in [-0.2, 0) is 14.3 Å². The number of carbonyl (C=O) groups is 2. The van der Waals surface area contributed by atoms with Gasteiger partial charge in [0.2, 0.25) is 0 Å². The Labute approximate surface area is 168 Å². The standard InChI is InChI=1S/C23H18N2O4/c24-14-19-8-4-5-9-21(19)28-16-23(27)29-15-22(26)25-20-12-10-18(11-13-20)17-6-2-1-3-7-17/h1-13H,15-16H2,(H,25,26). The molecule has 0 heterocycles. The lowest BCUT2D eigenvalue weighted by Crippen LogP contribution is -2.23. The lowest BCUT2D eigenvalue weighted by atomic mass is 10.1. The minimum absolute atomic E-state index is 0.287. The monoisotopic (exact) mass is 386 g/mol. The van der Waals surface area contributed by atoms with Gasteiger partial charge >= 0.3 is 5.97 Å². The molecule has 0 unspecified atom stereocenters. The number of carbonyl (C=O) groups excluding carboxylic acids is 2. The molecule has 6 nitrogen and oxygen atoms in total. The average Bonchev–Trinajstić information content (AvgIpc) is 2.77. The Bertz CT molecular complexity index is 1020. The third kappa shape index (κ3) is 5.68. The maximum Gasteiger partial charge on any atom is 0.344 e. The van der Waals surface area contributed by atoms with Gasteiger partial charge in [-0.2, -0.15) is 5.26 Å². The number of nitriles is 1. The second kappa shape index (κ2) is 9.72. The van der Waals surface area contributed by atoms with Crippen molar-refractivity contribution in [2.75, 3.05) is 18.5 Å². The number of para-hydroxylation sites is 1. The van der Waals surface area contributed by atoms with Crippen LogP contribution in [0.3, 0.4) is 0 Å². The fourth-order valence-corrected chi connectivity index (χ4v) is 2.58. The summed E-state index contributed by atoms with van der Waals surface area (Å²) >= 11 is 0. The minimum atomic E-state index is -0.702. The fraction of sp³-hybridized carbons (Fsp3) is 0.0870. The van der Waals surface area contributed by atoms with E-state index in [9.17, 15) is 9.59 Å². The summed E-state index contributed by atoms with van der Waals surface area (Å²) in [5.74, 6) is -0.870. The van der Waals surface area contributed by atoms with Crippen molar-refractivity contribution in [3.63, 3.8) is 0 Å². The molecule has 0 aliphatic rings. The second-order valence-corrected chi connectivity index (χ2v) is 6.05. The van der Waals surface area contributed by atoms with Gasteiger partial charge in [0.15, 0.2) is 13.2 Å². The smallest absolute Gasteiger partial charge is 0.344 e. The van der Waals surface area contributed by atoms with Gasteiger partial charge in [-0.3, -0.25) is 4.79 Å². The van der Waals surface area contributed by atoms with Crippen molar-refractivity contribution in [3.8, 4) is 22.9 Å². The summed E-state index contributed by atoms with van der Waals surface area (Å²) in [7, 11) is 0. The first-order valence-electron chi connectivity index (χ1n) is 8.88. The van der Waals surface area contributed by atoms with E-state index in [0.717, 1.165) is 11.1 Å². The molecular weight excluding hydrogens is 368 g/mol. The van der Waals surface area contributed by atoms with Crippen molar-refractivity contribution in [2.45, 2.75) is 0 Å². The van der Waals surface area contributed by atoms with E-state index in [0.29, 0.717) is 11.3 Å². The molecule has 0 atom stereocenters. The highest BCUT2D eigenvalue weighted by Gasteiger charge is 2.10. The van der Waals surface area contributed by atoms with E-state index in [1.165, 1.54) is 0 Å². The highest BCUT2D eigenvalue weighted by Crippen LogP contribution is 2.21. The summed E-state index contributed by atoms with van der Waals surface area (Å²) in [6.07, 6.45) is 0. The van der Waals surface area contributed by atoms with Crippen LogP contribution in [0.2, 0.25) is 0 Å². The summed E-state index contributed by atoms with van der Waals surface area (Å²) in [6.45, 7) is -0.819. The lowest BCUT2D eigenvalue weighted by Gasteiger charge is -2.09. The average molecular weight is 386 g/mol. The summed E-state index contributed by atoms with van der Waals surface area (Å²) in [4.78, 5) is 23.7. The van der Waals surface area contributed by atoms with Gasteiger partial charge in [-0.05, 0) is 35.4 Å². The van der Waals surface area contributed by atoms with Gasteiger partial charge in [-0.15, -0.1) is 0 Å². The van der Waals surface area contributed by atoms with E-state index < -0.39 is 25.1 Å². The number of benzene rings is 3. The Hall–Kier alpha value is -4.11. The van der Waals surface area contributed by atoms with Crippen LogP contribution in [0.15, 0.2) is 78.9 Å². The predicted molar refractivity (Wildman–Crippen MR) is 108 cm³/mol. The molecule has 0 aliphatic heterocycles. The van der Waals surface area contributed by atoms with Crippen molar-refractivity contribution in [1.29, 1.82) is 5.26 Å². The number of nitrogens with one attached hydrogen (secondary N) is 1. The van der Waals surface area contributed by atoms with Crippen molar-refractivity contribution >= 4 is 17.6 Å². The topological polar surface area (TPSA) is 88.4 Å². The van der Waals surface area contributed by atoms with Gasteiger partial charge in [-0.25, -0.2) is 4.79 Å². The SMILES string of the molecule is N#Cc1ccccc1OCC(=O)OCC(=O)Nc1ccc(-c2ccccc2)cc1. The van der Waals surface area contributed by atoms with Crippen LogP contribution in [0.4, 0.5) is 5.69 Å². The molecular formula is C23H18N2O4. The number of nitrogens with zero attached hydrogens (tertiary/aromatic N) is 1. The molecule has 3 aromatic rings. The van der Waals surface area contributed by atoms with Crippen LogP contribution >= 0.6 is 0 Å². The molecule has 1 N–H and O–H groups in total. The van der Waals surface area contributed by atoms with Crippen LogP contribution in [0.5, 0.6) is 5.75 Å². The fourth-order valence-electron chi connectivity index (χ4n) is 2.58. The normalized spacial score (nSPS) is 9.90. The van der Waals surface area contributed by atoms with Gasteiger partial charge < -0.3 is 14.8 Å². The molecule has 3 aromatic carbocycles. The Morgan fingerprint density at radius 3 is 2.21 bits per heavy atom. The molecule has 0 aromatic heterocycles. The van der Waals surface area contributed by atoms with Gasteiger partial charge in [0.25, 0.3) is 5.91 Å². The first-order chi connectivity index (χ1) is 14.2. The minimum Gasteiger partial charge on any atom is -0.481 e. The molecule has 3 rings (SSSR count). The molecule has 0 spiro atoms. The van der Waals surface area contributed by atoms with E-state index >= 15 is 0 Å². The Morgan fingerprint density at radius 1 is 0.828 bits per heavy atom. The molecule has 0 aliphatic carbocycles. The molecule has 0 saturated heterocycles. The number of rotatable bonds is 7. The van der Waals surface area contributed by atoms with Gasteiger partial charge in [0.1, 0.15) is 11.8 Å². The highest BCUT2D eigenvalue weighted by molar-refractivity contribution is 5.93. The summed E-state index contributed by atoms with van der Waals surface area (Å²) < 4.78 is 10.2. The molecule has 0 radical (unpaired) electrons. The summed E-state index contributed by atoms with van der Waals surface area (Å²) in [5, 5.41) is 11.7. The van der Waals surface area contributed by atoms with Crippen LogP contribution < -0.4 is 10.1 Å². The van der Waals surface area contributed by atoms with Crippen LogP contribution in [0.1, 0.15) is 5.56 Å². The number of ether oxygens (including phenoxy) is 2. The quantitative estimate of drug-likeness (QED) is 0.624. The van der Waals surface area contributed by atoms with E-state index in [-0.39, 0.29) is 5.75 Å². The number of anilines is 1. The number of hydrogen-bond donors (Lipinski definition) is 1. The Morgan fingerprint density at radius 2 is 1.48 bits per heavy atom. The number of hydrogen-bond acceptors (Lipinski definition) is 5.